The second-order valence-electron chi connectivity index (χ2n) is 5.92. The minimum Gasteiger partial charge on any atom is -0.293 e. The van der Waals surface area contributed by atoms with E-state index in [2.05, 4.69) is 50.6 Å². The molecular weight excluding hydrogens is 402 g/mol. The van der Waals surface area contributed by atoms with E-state index in [1.165, 1.54) is 25.7 Å². The highest BCUT2D eigenvalue weighted by Crippen LogP contribution is 2.33. The van der Waals surface area contributed by atoms with Gasteiger partial charge in [0.2, 0.25) is 0 Å². The molecule has 0 radical (unpaired) electrons. The monoisotopic (exact) mass is 421 g/mol. The van der Waals surface area contributed by atoms with E-state index in [4.69, 9.17) is 0 Å². The minimum atomic E-state index is 0.228. The third-order valence-corrected chi connectivity index (χ3v) is 6.08. The van der Waals surface area contributed by atoms with Gasteiger partial charge in [-0.15, -0.1) is 11.3 Å². The van der Waals surface area contributed by atoms with Crippen LogP contribution in [0.25, 0.3) is 0 Å². The van der Waals surface area contributed by atoms with Crippen LogP contribution in [0.2, 0.25) is 0 Å². The van der Waals surface area contributed by atoms with E-state index >= 15 is 0 Å². The van der Waals surface area contributed by atoms with Crippen LogP contribution in [0.3, 0.4) is 0 Å². The summed E-state index contributed by atoms with van der Waals surface area (Å²) in [6, 6.07) is 2.53. The summed E-state index contributed by atoms with van der Waals surface area (Å²) in [6.07, 6.45) is 5.10. The summed E-state index contributed by atoms with van der Waals surface area (Å²) < 4.78 is 1.94. The molecule has 1 aromatic heterocycles. The van der Waals surface area contributed by atoms with E-state index in [1.54, 1.807) is 11.3 Å². The largest absolute Gasteiger partial charge is 0.293 e. The molecule has 1 aromatic rings. The summed E-state index contributed by atoms with van der Waals surface area (Å²) in [5, 5.41) is 0. The third-order valence-electron chi connectivity index (χ3n) is 3.74. The SMILES string of the molecule is CC(C)CN(CC(=O)c1cc(Br)sc1Br)C1CCCC1. The maximum absolute atomic E-state index is 12.5. The van der Waals surface area contributed by atoms with E-state index < -0.39 is 0 Å². The molecule has 0 aromatic carbocycles. The number of rotatable bonds is 6. The van der Waals surface area contributed by atoms with Crippen LogP contribution >= 0.6 is 43.2 Å². The van der Waals surface area contributed by atoms with E-state index in [1.807, 2.05) is 6.07 Å². The summed E-state index contributed by atoms with van der Waals surface area (Å²) in [6.45, 7) is 6.01. The van der Waals surface area contributed by atoms with Crippen LogP contribution in [0.15, 0.2) is 13.6 Å². The Labute approximate surface area is 142 Å². The van der Waals surface area contributed by atoms with Gasteiger partial charge in [-0.25, -0.2) is 0 Å². The zero-order valence-corrected chi connectivity index (χ0v) is 16.0. The predicted molar refractivity (Wildman–Crippen MR) is 92.7 cm³/mol. The number of Topliss-reactive ketones (excluding diaryl/α,β-unsaturated/α-hetero) is 1. The van der Waals surface area contributed by atoms with Crippen LogP contribution in [0.5, 0.6) is 0 Å². The van der Waals surface area contributed by atoms with Gasteiger partial charge in [-0.05, 0) is 56.7 Å². The quantitative estimate of drug-likeness (QED) is 0.575. The molecule has 0 bridgehead atoms. The summed E-state index contributed by atoms with van der Waals surface area (Å²) in [4.78, 5) is 14.9. The number of thiophene rings is 1. The smallest absolute Gasteiger partial charge is 0.178 e. The standard InChI is InChI=1S/C15H21Br2NOS/c1-10(2)8-18(11-5-3-4-6-11)9-13(19)12-7-14(16)20-15(12)17/h7,10-11H,3-6,8-9H2,1-2H3. The first-order chi connectivity index (χ1) is 9.47. The molecule has 1 aliphatic rings. The zero-order chi connectivity index (χ0) is 14.7. The fourth-order valence-corrected chi connectivity index (χ4v) is 5.74. The average molecular weight is 423 g/mol. The van der Waals surface area contributed by atoms with E-state index in [0.29, 0.717) is 18.5 Å². The average Bonchev–Trinajstić information content (AvgIpc) is 2.97. The first kappa shape index (κ1) is 16.7. The van der Waals surface area contributed by atoms with Gasteiger partial charge in [-0.1, -0.05) is 26.7 Å². The number of halogens is 2. The fourth-order valence-electron chi connectivity index (χ4n) is 2.88. The van der Waals surface area contributed by atoms with Gasteiger partial charge in [0.1, 0.15) is 0 Å². The number of carbonyl (C=O) groups is 1. The van der Waals surface area contributed by atoms with Gasteiger partial charge in [0, 0.05) is 18.2 Å². The van der Waals surface area contributed by atoms with Crippen molar-refractivity contribution < 1.29 is 4.79 Å². The summed E-state index contributed by atoms with van der Waals surface area (Å²) >= 11 is 8.50. The highest BCUT2D eigenvalue weighted by Gasteiger charge is 2.26. The first-order valence-electron chi connectivity index (χ1n) is 7.19. The first-order valence-corrected chi connectivity index (χ1v) is 9.59. The molecule has 112 valence electrons. The van der Waals surface area contributed by atoms with Gasteiger partial charge < -0.3 is 0 Å². The number of ketones is 1. The Balaban J connectivity index is 2.06. The molecule has 0 spiro atoms. The van der Waals surface area contributed by atoms with Crippen molar-refractivity contribution in [2.75, 3.05) is 13.1 Å². The minimum absolute atomic E-state index is 0.228. The Kier molecular flexibility index (Phi) is 6.26. The van der Waals surface area contributed by atoms with Gasteiger partial charge >= 0.3 is 0 Å². The molecule has 2 rings (SSSR count). The third kappa shape index (κ3) is 4.39. The lowest BCUT2D eigenvalue weighted by Crippen LogP contribution is -2.40. The van der Waals surface area contributed by atoms with Crippen molar-refractivity contribution >= 4 is 49.0 Å². The fraction of sp³-hybridized carbons (Fsp3) is 0.667. The van der Waals surface area contributed by atoms with E-state index in [9.17, 15) is 4.79 Å². The van der Waals surface area contributed by atoms with Crippen molar-refractivity contribution in [3.8, 4) is 0 Å². The lowest BCUT2D eigenvalue weighted by Gasteiger charge is -2.29. The molecule has 0 unspecified atom stereocenters. The highest BCUT2D eigenvalue weighted by molar-refractivity contribution is 9.12. The number of nitrogens with zero attached hydrogens (tertiary/aromatic N) is 1. The van der Waals surface area contributed by atoms with E-state index in [0.717, 1.165) is 19.7 Å². The molecular formula is C15H21Br2NOS. The van der Waals surface area contributed by atoms with Crippen LogP contribution in [0.1, 0.15) is 49.9 Å². The molecule has 0 N–H and O–H groups in total. The number of hydrogen-bond acceptors (Lipinski definition) is 3. The van der Waals surface area contributed by atoms with Crippen LogP contribution in [0, 0.1) is 5.92 Å². The Morgan fingerprint density at radius 1 is 1.40 bits per heavy atom. The van der Waals surface area contributed by atoms with Crippen molar-refractivity contribution in [1.82, 2.24) is 4.90 Å². The lowest BCUT2D eigenvalue weighted by molar-refractivity contribution is 0.0876. The highest BCUT2D eigenvalue weighted by atomic mass is 79.9. The topological polar surface area (TPSA) is 20.3 Å². The lowest BCUT2D eigenvalue weighted by atomic mass is 10.1. The molecule has 0 saturated heterocycles. The van der Waals surface area contributed by atoms with Crippen molar-refractivity contribution in [1.29, 1.82) is 0 Å². The molecule has 1 fully saturated rings. The Morgan fingerprint density at radius 3 is 2.55 bits per heavy atom. The number of carbonyl (C=O) groups excluding carboxylic acids is 1. The van der Waals surface area contributed by atoms with Crippen molar-refractivity contribution in [2.45, 2.75) is 45.6 Å². The predicted octanol–water partition coefficient (Wildman–Crippen LogP) is 5.36. The Hall–Kier alpha value is 0.290. The molecule has 0 atom stereocenters. The second-order valence-corrected chi connectivity index (χ2v) is 9.67. The van der Waals surface area contributed by atoms with Crippen molar-refractivity contribution in [3.63, 3.8) is 0 Å². The zero-order valence-electron chi connectivity index (χ0n) is 12.0. The van der Waals surface area contributed by atoms with Gasteiger partial charge in [-0.2, -0.15) is 0 Å². The van der Waals surface area contributed by atoms with Crippen LogP contribution < -0.4 is 0 Å². The van der Waals surface area contributed by atoms with E-state index in [-0.39, 0.29) is 5.78 Å². The Bertz CT molecular complexity index is 466. The molecule has 0 amide bonds. The molecule has 5 heteroatoms. The summed E-state index contributed by atoms with van der Waals surface area (Å²) in [5.74, 6) is 0.826. The molecule has 1 aliphatic carbocycles. The molecule has 1 heterocycles. The van der Waals surface area contributed by atoms with Crippen LogP contribution in [-0.2, 0) is 0 Å². The Morgan fingerprint density at radius 2 is 2.05 bits per heavy atom. The van der Waals surface area contributed by atoms with Crippen molar-refractivity contribution in [3.05, 3.63) is 19.2 Å². The molecule has 20 heavy (non-hydrogen) atoms. The normalized spacial score (nSPS) is 16.5. The van der Waals surface area contributed by atoms with Crippen LogP contribution in [0.4, 0.5) is 0 Å². The molecule has 2 nitrogen and oxygen atoms in total. The molecule has 1 saturated carbocycles. The maximum atomic E-state index is 12.5. The summed E-state index contributed by atoms with van der Waals surface area (Å²) in [5.41, 5.74) is 0.814. The second kappa shape index (κ2) is 7.52. The van der Waals surface area contributed by atoms with Crippen LogP contribution in [-0.4, -0.2) is 29.8 Å². The van der Waals surface area contributed by atoms with Gasteiger partial charge in [0.05, 0.1) is 14.1 Å². The van der Waals surface area contributed by atoms with Gasteiger partial charge in [-0.3, -0.25) is 9.69 Å². The molecule has 0 aliphatic heterocycles. The number of hydrogen-bond donors (Lipinski definition) is 0. The van der Waals surface area contributed by atoms with Gasteiger partial charge in [0.25, 0.3) is 0 Å². The van der Waals surface area contributed by atoms with Crippen molar-refractivity contribution in [2.24, 2.45) is 5.92 Å². The maximum Gasteiger partial charge on any atom is 0.178 e. The van der Waals surface area contributed by atoms with Gasteiger partial charge in [0.15, 0.2) is 5.78 Å². The summed E-state index contributed by atoms with van der Waals surface area (Å²) in [7, 11) is 0.